The summed E-state index contributed by atoms with van der Waals surface area (Å²) in [6, 6.07) is 10.9. The summed E-state index contributed by atoms with van der Waals surface area (Å²) in [5.74, 6) is 1.23. The standard InChI is InChI=1S/C24H27N3O4/c1-4-29-20-13-19(14-21(30-5-2)23(20)31-6-3)24(28)27-16-18-10-8-12-26-22(18)17-9-7-11-25-15-17/h7-15H,4-6,16H2,1-3H3,(H,27,28). The van der Waals surface area contributed by atoms with E-state index in [0.29, 0.717) is 49.2 Å². The minimum atomic E-state index is -0.244. The third kappa shape index (κ3) is 5.51. The SMILES string of the molecule is CCOc1cc(C(=O)NCc2cccnc2-c2cccnc2)cc(OCC)c1OCC. The monoisotopic (exact) mass is 421 g/mol. The number of carbonyl (C=O) groups is 1. The topological polar surface area (TPSA) is 82.6 Å². The van der Waals surface area contributed by atoms with Gasteiger partial charge in [0.2, 0.25) is 5.75 Å². The first-order chi connectivity index (χ1) is 15.2. The van der Waals surface area contributed by atoms with Crippen molar-refractivity contribution in [1.29, 1.82) is 0 Å². The highest BCUT2D eigenvalue weighted by atomic mass is 16.5. The molecular formula is C24H27N3O4. The van der Waals surface area contributed by atoms with E-state index in [-0.39, 0.29) is 5.91 Å². The number of nitrogens with zero attached hydrogens (tertiary/aromatic N) is 2. The Morgan fingerprint density at radius 3 is 2.23 bits per heavy atom. The first kappa shape index (κ1) is 22.1. The zero-order chi connectivity index (χ0) is 22.1. The van der Waals surface area contributed by atoms with Crippen LogP contribution >= 0.6 is 0 Å². The normalized spacial score (nSPS) is 10.4. The molecular weight excluding hydrogens is 394 g/mol. The van der Waals surface area contributed by atoms with Crippen molar-refractivity contribution >= 4 is 5.91 Å². The van der Waals surface area contributed by atoms with Gasteiger partial charge in [-0.1, -0.05) is 6.07 Å². The van der Waals surface area contributed by atoms with Crippen molar-refractivity contribution in [3.63, 3.8) is 0 Å². The second-order valence-electron chi connectivity index (χ2n) is 6.54. The number of hydrogen-bond donors (Lipinski definition) is 1. The summed E-state index contributed by atoms with van der Waals surface area (Å²) in [6.07, 6.45) is 5.19. The van der Waals surface area contributed by atoms with E-state index in [1.54, 1.807) is 30.7 Å². The summed E-state index contributed by atoms with van der Waals surface area (Å²) < 4.78 is 17.1. The average molecular weight is 421 g/mol. The number of benzene rings is 1. The van der Waals surface area contributed by atoms with Gasteiger partial charge in [-0.2, -0.15) is 0 Å². The Balaban J connectivity index is 1.84. The van der Waals surface area contributed by atoms with Crippen LogP contribution in [0.3, 0.4) is 0 Å². The Morgan fingerprint density at radius 1 is 0.935 bits per heavy atom. The molecule has 31 heavy (non-hydrogen) atoms. The molecule has 7 nitrogen and oxygen atoms in total. The predicted molar refractivity (Wildman–Crippen MR) is 119 cm³/mol. The van der Waals surface area contributed by atoms with Crippen LogP contribution in [0, 0.1) is 0 Å². The minimum Gasteiger partial charge on any atom is -0.490 e. The Bertz CT molecular complexity index is 982. The van der Waals surface area contributed by atoms with Crippen molar-refractivity contribution in [3.05, 3.63) is 66.1 Å². The van der Waals surface area contributed by atoms with Crippen LogP contribution in [-0.2, 0) is 6.54 Å². The van der Waals surface area contributed by atoms with E-state index in [1.807, 2.05) is 45.0 Å². The van der Waals surface area contributed by atoms with Crippen molar-refractivity contribution in [1.82, 2.24) is 15.3 Å². The molecule has 3 aromatic rings. The van der Waals surface area contributed by atoms with Crippen LogP contribution < -0.4 is 19.5 Å². The van der Waals surface area contributed by atoms with E-state index >= 15 is 0 Å². The smallest absolute Gasteiger partial charge is 0.251 e. The second kappa shape index (κ2) is 11.0. The van der Waals surface area contributed by atoms with Crippen LogP contribution in [0.4, 0.5) is 0 Å². The van der Waals surface area contributed by atoms with E-state index in [1.165, 1.54) is 0 Å². The van der Waals surface area contributed by atoms with Gasteiger partial charge in [-0.05, 0) is 56.7 Å². The van der Waals surface area contributed by atoms with Crippen molar-refractivity contribution in [2.75, 3.05) is 19.8 Å². The fourth-order valence-electron chi connectivity index (χ4n) is 3.14. The molecule has 1 N–H and O–H groups in total. The van der Waals surface area contributed by atoms with Crippen LogP contribution in [0.25, 0.3) is 11.3 Å². The third-order valence-electron chi connectivity index (χ3n) is 4.44. The number of hydrogen-bond acceptors (Lipinski definition) is 6. The Morgan fingerprint density at radius 2 is 1.61 bits per heavy atom. The van der Waals surface area contributed by atoms with Gasteiger partial charge in [0.15, 0.2) is 11.5 Å². The molecule has 2 heterocycles. The zero-order valence-corrected chi connectivity index (χ0v) is 18.1. The number of ether oxygens (including phenoxy) is 3. The van der Waals surface area contributed by atoms with Crippen LogP contribution in [0.2, 0.25) is 0 Å². The maximum atomic E-state index is 13.0. The number of pyridine rings is 2. The molecule has 1 aromatic carbocycles. The summed E-state index contributed by atoms with van der Waals surface area (Å²) in [4.78, 5) is 21.6. The molecule has 0 radical (unpaired) electrons. The molecule has 0 saturated carbocycles. The quantitative estimate of drug-likeness (QED) is 0.526. The summed E-state index contributed by atoms with van der Waals surface area (Å²) in [6.45, 7) is 7.32. The van der Waals surface area contributed by atoms with Gasteiger partial charge in [0.25, 0.3) is 5.91 Å². The van der Waals surface area contributed by atoms with E-state index < -0.39 is 0 Å². The van der Waals surface area contributed by atoms with Gasteiger partial charge in [-0.3, -0.25) is 14.8 Å². The largest absolute Gasteiger partial charge is 0.490 e. The van der Waals surface area contributed by atoms with Gasteiger partial charge < -0.3 is 19.5 Å². The molecule has 0 aliphatic carbocycles. The lowest BCUT2D eigenvalue weighted by atomic mass is 10.1. The summed E-state index contributed by atoms with van der Waals surface area (Å²) in [5.41, 5.74) is 3.00. The number of carbonyl (C=O) groups excluding carboxylic acids is 1. The van der Waals surface area contributed by atoms with Crippen LogP contribution in [0.15, 0.2) is 55.0 Å². The molecule has 1 amide bonds. The third-order valence-corrected chi connectivity index (χ3v) is 4.44. The van der Waals surface area contributed by atoms with Crippen molar-refractivity contribution in [2.24, 2.45) is 0 Å². The molecule has 0 fully saturated rings. The molecule has 0 unspecified atom stereocenters. The van der Waals surface area contributed by atoms with Crippen LogP contribution in [-0.4, -0.2) is 35.7 Å². The highest BCUT2D eigenvalue weighted by Gasteiger charge is 2.18. The van der Waals surface area contributed by atoms with Crippen molar-refractivity contribution < 1.29 is 19.0 Å². The van der Waals surface area contributed by atoms with E-state index in [9.17, 15) is 4.79 Å². The zero-order valence-electron chi connectivity index (χ0n) is 18.1. The molecule has 7 heteroatoms. The van der Waals surface area contributed by atoms with Gasteiger partial charge in [0.05, 0.1) is 25.5 Å². The lowest BCUT2D eigenvalue weighted by molar-refractivity contribution is 0.0950. The fraction of sp³-hybridized carbons (Fsp3) is 0.292. The number of amides is 1. The molecule has 0 aliphatic rings. The molecule has 162 valence electrons. The van der Waals surface area contributed by atoms with Gasteiger partial charge in [0, 0.05) is 36.3 Å². The minimum absolute atomic E-state index is 0.244. The lowest BCUT2D eigenvalue weighted by Gasteiger charge is -2.17. The second-order valence-corrected chi connectivity index (χ2v) is 6.54. The summed E-state index contributed by atoms with van der Waals surface area (Å²) in [5, 5.41) is 2.96. The molecule has 0 spiro atoms. The number of aromatic nitrogens is 2. The summed E-state index contributed by atoms with van der Waals surface area (Å²) >= 11 is 0. The number of rotatable bonds is 10. The molecule has 0 bridgehead atoms. The van der Waals surface area contributed by atoms with Gasteiger partial charge >= 0.3 is 0 Å². The molecule has 0 atom stereocenters. The highest BCUT2D eigenvalue weighted by molar-refractivity contribution is 5.95. The van der Waals surface area contributed by atoms with Crippen molar-refractivity contribution in [2.45, 2.75) is 27.3 Å². The highest BCUT2D eigenvalue weighted by Crippen LogP contribution is 2.39. The fourth-order valence-corrected chi connectivity index (χ4v) is 3.14. The van der Waals surface area contributed by atoms with Gasteiger partial charge in [-0.25, -0.2) is 0 Å². The van der Waals surface area contributed by atoms with E-state index in [4.69, 9.17) is 14.2 Å². The Hall–Kier alpha value is -3.61. The van der Waals surface area contributed by atoms with E-state index in [0.717, 1.165) is 16.8 Å². The molecule has 0 aliphatic heterocycles. The Labute approximate surface area is 182 Å². The summed E-state index contributed by atoms with van der Waals surface area (Å²) in [7, 11) is 0. The molecule has 2 aromatic heterocycles. The van der Waals surface area contributed by atoms with Gasteiger partial charge in [0.1, 0.15) is 0 Å². The first-order valence-electron chi connectivity index (χ1n) is 10.4. The molecule has 0 saturated heterocycles. The van der Waals surface area contributed by atoms with Crippen molar-refractivity contribution in [3.8, 4) is 28.5 Å². The average Bonchev–Trinajstić information content (AvgIpc) is 2.80. The van der Waals surface area contributed by atoms with Crippen LogP contribution in [0.5, 0.6) is 17.2 Å². The lowest BCUT2D eigenvalue weighted by Crippen LogP contribution is -2.23. The number of nitrogens with one attached hydrogen (secondary N) is 1. The molecule has 3 rings (SSSR count). The maximum Gasteiger partial charge on any atom is 0.251 e. The van der Waals surface area contributed by atoms with Gasteiger partial charge in [-0.15, -0.1) is 0 Å². The van der Waals surface area contributed by atoms with E-state index in [2.05, 4.69) is 15.3 Å². The first-order valence-corrected chi connectivity index (χ1v) is 10.4. The predicted octanol–water partition coefficient (Wildman–Crippen LogP) is 4.27. The Kier molecular flexibility index (Phi) is 7.81. The van der Waals surface area contributed by atoms with Crippen LogP contribution in [0.1, 0.15) is 36.7 Å². The maximum absolute atomic E-state index is 13.0.